The first-order valence-electron chi connectivity index (χ1n) is 6.80. The van der Waals surface area contributed by atoms with Crippen molar-refractivity contribution in [2.24, 2.45) is 0 Å². The van der Waals surface area contributed by atoms with E-state index < -0.39 is 0 Å². The number of nitrogens with zero attached hydrogens (tertiary/aromatic N) is 2. The summed E-state index contributed by atoms with van der Waals surface area (Å²) in [6.45, 7) is 1.49. The van der Waals surface area contributed by atoms with Crippen molar-refractivity contribution < 1.29 is 4.79 Å². The molecule has 2 aromatic rings. The molecule has 1 aliphatic rings. The molecule has 0 radical (unpaired) electrons. The van der Waals surface area contributed by atoms with Gasteiger partial charge in [-0.2, -0.15) is 0 Å². The van der Waals surface area contributed by atoms with Crippen LogP contribution in [0.15, 0.2) is 48.7 Å². The van der Waals surface area contributed by atoms with Gasteiger partial charge in [0.2, 0.25) is 0 Å². The Morgan fingerprint density at radius 1 is 1.20 bits per heavy atom. The molecule has 20 heavy (non-hydrogen) atoms. The average molecular weight is 267 g/mol. The van der Waals surface area contributed by atoms with Gasteiger partial charge in [-0.3, -0.25) is 4.79 Å². The molecule has 1 aliphatic heterocycles. The van der Waals surface area contributed by atoms with Crippen molar-refractivity contribution in [3.8, 4) is 0 Å². The second-order valence-corrected chi connectivity index (χ2v) is 5.09. The lowest BCUT2D eigenvalue weighted by atomic mass is 9.99. The molecule has 1 atom stereocenters. The van der Waals surface area contributed by atoms with E-state index in [-0.39, 0.29) is 5.91 Å². The van der Waals surface area contributed by atoms with Gasteiger partial charge in [0.1, 0.15) is 0 Å². The van der Waals surface area contributed by atoms with Gasteiger partial charge in [-0.05, 0) is 24.1 Å². The lowest BCUT2D eigenvalue weighted by Crippen LogP contribution is -2.29. The van der Waals surface area contributed by atoms with Gasteiger partial charge in [0.15, 0.2) is 5.69 Å². The molecule has 1 saturated heterocycles. The summed E-state index contributed by atoms with van der Waals surface area (Å²) in [7, 11) is 0. The number of nitrogen functional groups attached to an aromatic ring is 1. The number of carbonyl (C=O) groups is 1. The molecule has 0 spiro atoms. The van der Waals surface area contributed by atoms with Crippen molar-refractivity contribution in [2.45, 2.75) is 12.3 Å². The highest BCUT2D eigenvalue weighted by Crippen LogP contribution is 2.28. The lowest BCUT2D eigenvalue weighted by molar-refractivity contribution is 0.0786. The lowest BCUT2D eigenvalue weighted by Gasteiger charge is -2.17. The molecule has 2 N–H and O–H groups in total. The fraction of sp³-hybridized carbons (Fsp3) is 0.250. The zero-order valence-electron chi connectivity index (χ0n) is 11.2. The van der Waals surface area contributed by atoms with E-state index in [0.717, 1.165) is 19.5 Å². The zero-order valence-corrected chi connectivity index (χ0v) is 11.2. The molecule has 2 heterocycles. The number of nitrogens with two attached hydrogens (primary N) is 1. The first kappa shape index (κ1) is 12.7. The molecule has 1 unspecified atom stereocenters. The molecule has 0 aliphatic carbocycles. The highest BCUT2D eigenvalue weighted by atomic mass is 16.2. The Hall–Kier alpha value is -2.36. The van der Waals surface area contributed by atoms with Crippen LogP contribution in [0.1, 0.15) is 28.4 Å². The number of hydrogen-bond acceptors (Lipinski definition) is 3. The number of rotatable bonds is 2. The Labute approximate surface area is 118 Å². The number of hydrogen-bond donors (Lipinski definition) is 1. The molecule has 1 aromatic heterocycles. The number of pyridine rings is 1. The Morgan fingerprint density at radius 2 is 2.00 bits per heavy atom. The van der Waals surface area contributed by atoms with Crippen LogP contribution < -0.4 is 5.73 Å². The highest BCUT2D eigenvalue weighted by Gasteiger charge is 2.29. The Bertz CT molecular complexity index is 612. The quantitative estimate of drug-likeness (QED) is 0.908. The second kappa shape index (κ2) is 5.33. The third-order valence-electron chi connectivity index (χ3n) is 3.79. The van der Waals surface area contributed by atoms with E-state index in [1.807, 2.05) is 23.1 Å². The van der Waals surface area contributed by atoms with E-state index in [9.17, 15) is 4.79 Å². The molecule has 0 saturated carbocycles. The molecular formula is C16H17N3O. The van der Waals surface area contributed by atoms with E-state index in [1.54, 1.807) is 18.3 Å². The summed E-state index contributed by atoms with van der Waals surface area (Å²) in [4.78, 5) is 18.4. The molecule has 1 amide bonds. The predicted molar refractivity (Wildman–Crippen MR) is 78.4 cm³/mol. The summed E-state index contributed by atoms with van der Waals surface area (Å²) < 4.78 is 0. The van der Waals surface area contributed by atoms with Crippen molar-refractivity contribution in [1.29, 1.82) is 0 Å². The van der Waals surface area contributed by atoms with Crippen LogP contribution >= 0.6 is 0 Å². The van der Waals surface area contributed by atoms with Crippen LogP contribution in [0.2, 0.25) is 0 Å². The van der Waals surface area contributed by atoms with Crippen molar-refractivity contribution in [1.82, 2.24) is 9.88 Å². The van der Waals surface area contributed by atoms with Crippen LogP contribution in [0.3, 0.4) is 0 Å². The summed E-state index contributed by atoms with van der Waals surface area (Å²) in [6, 6.07) is 13.8. The third-order valence-corrected chi connectivity index (χ3v) is 3.79. The zero-order chi connectivity index (χ0) is 13.9. The third kappa shape index (κ3) is 2.37. The first-order chi connectivity index (χ1) is 9.75. The predicted octanol–water partition coefficient (Wildman–Crippen LogP) is 2.29. The molecule has 4 heteroatoms. The van der Waals surface area contributed by atoms with Crippen LogP contribution in [-0.2, 0) is 0 Å². The van der Waals surface area contributed by atoms with Gasteiger partial charge in [0.25, 0.3) is 5.91 Å². The number of amides is 1. The van der Waals surface area contributed by atoms with Gasteiger partial charge >= 0.3 is 0 Å². The van der Waals surface area contributed by atoms with Gasteiger partial charge in [-0.15, -0.1) is 0 Å². The molecule has 4 nitrogen and oxygen atoms in total. The van der Waals surface area contributed by atoms with Crippen molar-refractivity contribution >= 4 is 11.6 Å². The number of anilines is 1. The maximum atomic E-state index is 12.4. The van der Waals surface area contributed by atoms with Crippen LogP contribution in [0, 0.1) is 0 Å². The van der Waals surface area contributed by atoms with Gasteiger partial charge < -0.3 is 10.6 Å². The van der Waals surface area contributed by atoms with Crippen LogP contribution in [0.5, 0.6) is 0 Å². The topological polar surface area (TPSA) is 59.2 Å². The highest BCUT2D eigenvalue weighted by molar-refractivity contribution is 5.97. The molecule has 0 bridgehead atoms. The normalized spacial score (nSPS) is 18.2. The summed E-state index contributed by atoms with van der Waals surface area (Å²) in [6.07, 6.45) is 2.59. The minimum atomic E-state index is -0.0680. The minimum Gasteiger partial charge on any atom is -0.397 e. The van der Waals surface area contributed by atoms with Crippen LogP contribution in [0.25, 0.3) is 0 Å². The smallest absolute Gasteiger partial charge is 0.274 e. The average Bonchev–Trinajstić information content (AvgIpc) is 2.98. The number of carbonyl (C=O) groups excluding carboxylic acids is 1. The van der Waals surface area contributed by atoms with E-state index in [4.69, 9.17) is 5.73 Å². The molecule has 3 rings (SSSR count). The SMILES string of the molecule is Nc1cccnc1C(=O)N1CCC(c2ccccc2)C1. The number of benzene rings is 1. The maximum Gasteiger partial charge on any atom is 0.274 e. The largest absolute Gasteiger partial charge is 0.397 e. The first-order valence-corrected chi connectivity index (χ1v) is 6.80. The number of aromatic nitrogens is 1. The Kier molecular flexibility index (Phi) is 3.37. The molecule has 1 aromatic carbocycles. The van der Waals surface area contributed by atoms with E-state index in [0.29, 0.717) is 17.3 Å². The van der Waals surface area contributed by atoms with Gasteiger partial charge in [0, 0.05) is 25.2 Å². The molecular weight excluding hydrogens is 250 g/mol. The van der Waals surface area contributed by atoms with Gasteiger partial charge in [-0.1, -0.05) is 30.3 Å². The summed E-state index contributed by atoms with van der Waals surface area (Å²) >= 11 is 0. The Morgan fingerprint density at radius 3 is 2.75 bits per heavy atom. The van der Waals surface area contributed by atoms with Crippen molar-refractivity contribution in [3.05, 3.63) is 59.9 Å². The second-order valence-electron chi connectivity index (χ2n) is 5.09. The summed E-state index contributed by atoms with van der Waals surface area (Å²) in [5.41, 5.74) is 7.92. The monoisotopic (exact) mass is 267 g/mol. The van der Waals surface area contributed by atoms with E-state index in [2.05, 4.69) is 17.1 Å². The van der Waals surface area contributed by atoms with Crippen LogP contribution in [-0.4, -0.2) is 28.9 Å². The van der Waals surface area contributed by atoms with Gasteiger partial charge in [-0.25, -0.2) is 4.98 Å². The minimum absolute atomic E-state index is 0.0680. The maximum absolute atomic E-state index is 12.4. The van der Waals surface area contributed by atoms with Gasteiger partial charge in [0.05, 0.1) is 5.69 Å². The molecule has 102 valence electrons. The summed E-state index contributed by atoms with van der Waals surface area (Å²) in [5.74, 6) is 0.339. The summed E-state index contributed by atoms with van der Waals surface area (Å²) in [5, 5.41) is 0. The van der Waals surface area contributed by atoms with Crippen LogP contribution in [0.4, 0.5) is 5.69 Å². The standard InChI is InChI=1S/C16H17N3O/c17-14-7-4-9-18-15(14)16(20)19-10-8-13(11-19)12-5-2-1-3-6-12/h1-7,9,13H,8,10-11,17H2. The fourth-order valence-corrected chi connectivity index (χ4v) is 2.69. The Balaban J connectivity index is 1.75. The molecule has 1 fully saturated rings. The van der Waals surface area contributed by atoms with Crippen molar-refractivity contribution in [3.63, 3.8) is 0 Å². The van der Waals surface area contributed by atoms with E-state index in [1.165, 1.54) is 5.56 Å². The fourth-order valence-electron chi connectivity index (χ4n) is 2.69. The van der Waals surface area contributed by atoms with E-state index >= 15 is 0 Å². The van der Waals surface area contributed by atoms with Crippen molar-refractivity contribution in [2.75, 3.05) is 18.8 Å². The number of likely N-dealkylation sites (tertiary alicyclic amines) is 1.